The van der Waals surface area contributed by atoms with Gasteiger partial charge in [0.2, 0.25) is 5.88 Å². The Hall–Kier alpha value is -2.78. The maximum atomic E-state index is 13.0. The molecule has 1 saturated heterocycles. The number of morpholine rings is 1. The number of aliphatic imine (C=N–C) groups is 1. The molecule has 0 aliphatic carbocycles. The Labute approximate surface area is 160 Å². The van der Waals surface area contributed by atoms with Gasteiger partial charge in [-0.05, 0) is 24.1 Å². The molecule has 28 heavy (non-hydrogen) atoms. The van der Waals surface area contributed by atoms with Crippen LogP contribution in [0.1, 0.15) is 11.1 Å². The summed E-state index contributed by atoms with van der Waals surface area (Å²) in [6.07, 6.45) is 1.69. The van der Waals surface area contributed by atoms with Crippen molar-refractivity contribution in [3.63, 3.8) is 0 Å². The smallest absolute Gasteiger partial charge is 0.331 e. The number of aryl methyl sites for hydroxylation is 1. The van der Waals surface area contributed by atoms with Gasteiger partial charge >= 0.3 is 5.69 Å². The van der Waals surface area contributed by atoms with Gasteiger partial charge in [-0.15, -0.1) is 0 Å². The quantitative estimate of drug-likeness (QED) is 0.666. The summed E-state index contributed by atoms with van der Waals surface area (Å²) < 4.78 is 19.3. The Kier molecular flexibility index (Phi) is 6.72. The highest BCUT2D eigenvalue weighted by atomic mass is 19.1. The van der Waals surface area contributed by atoms with Gasteiger partial charge < -0.3 is 9.84 Å². The summed E-state index contributed by atoms with van der Waals surface area (Å²) in [7, 11) is 0. The maximum absolute atomic E-state index is 13.0. The van der Waals surface area contributed by atoms with Crippen molar-refractivity contribution in [3.8, 4) is 5.88 Å². The number of halogens is 1. The molecule has 1 aromatic carbocycles. The molecular formula is C19H23FN4O4. The molecule has 2 aromatic rings. The average molecular weight is 390 g/mol. The summed E-state index contributed by atoms with van der Waals surface area (Å²) in [4.78, 5) is 32.7. The van der Waals surface area contributed by atoms with E-state index >= 15 is 0 Å². The van der Waals surface area contributed by atoms with E-state index in [4.69, 9.17) is 4.74 Å². The minimum Gasteiger partial charge on any atom is -0.494 e. The minimum atomic E-state index is -0.699. The molecule has 0 radical (unpaired) electrons. The van der Waals surface area contributed by atoms with Crippen LogP contribution in [-0.4, -0.2) is 65.2 Å². The molecule has 2 heterocycles. The van der Waals surface area contributed by atoms with Crippen LogP contribution >= 0.6 is 0 Å². The summed E-state index contributed by atoms with van der Waals surface area (Å²) in [5.74, 6) is -0.769. The molecule has 0 atom stereocenters. The van der Waals surface area contributed by atoms with Crippen molar-refractivity contribution in [2.24, 2.45) is 4.99 Å². The van der Waals surface area contributed by atoms with E-state index in [0.717, 1.165) is 29.8 Å². The molecule has 0 spiro atoms. The molecule has 9 heteroatoms. The number of aromatic nitrogens is 2. The SMILES string of the molecule is O=c1[nH]c(=O)n(CCc2ccc(F)cc2)c(O)c1C=NCCN1CCOCC1. The zero-order valence-electron chi connectivity index (χ0n) is 15.4. The standard InChI is InChI=1S/C19H23FN4O4/c20-15-3-1-14(2-4-15)5-7-24-18(26)16(17(25)22-19(24)27)13-21-6-8-23-9-11-28-12-10-23/h1-4,13,26H,5-12H2,(H,22,25,27). The third kappa shape index (κ3) is 5.14. The molecule has 8 nitrogen and oxygen atoms in total. The predicted octanol–water partition coefficient (Wildman–Crippen LogP) is 0.375. The first kappa shape index (κ1) is 20.0. The van der Waals surface area contributed by atoms with Crippen LogP contribution in [0.25, 0.3) is 0 Å². The first-order chi connectivity index (χ1) is 13.5. The molecule has 0 bridgehead atoms. The first-order valence-electron chi connectivity index (χ1n) is 9.15. The number of H-pyrrole nitrogens is 1. The lowest BCUT2D eigenvalue weighted by Gasteiger charge is -2.25. The molecule has 150 valence electrons. The molecule has 2 N–H and O–H groups in total. The van der Waals surface area contributed by atoms with E-state index in [1.807, 2.05) is 0 Å². The monoisotopic (exact) mass is 390 g/mol. The van der Waals surface area contributed by atoms with Crippen molar-refractivity contribution < 1.29 is 14.2 Å². The van der Waals surface area contributed by atoms with Gasteiger partial charge in [-0.3, -0.25) is 24.2 Å². The zero-order chi connectivity index (χ0) is 19.9. The van der Waals surface area contributed by atoms with E-state index < -0.39 is 17.1 Å². The molecule has 0 amide bonds. The van der Waals surface area contributed by atoms with Crippen LogP contribution in [-0.2, 0) is 17.7 Å². The fourth-order valence-electron chi connectivity index (χ4n) is 2.97. The summed E-state index contributed by atoms with van der Waals surface area (Å²) in [5.41, 5.74) is -0.633. The van der Waals surface area contributed by atoms with E-state index in [2.05, 4.69) is 14.9 Å². The second-order valence-electron chi connectivity index (χ2n) is 6.51. The third-order valence-corrected chi connectivity index (χ3v) is 4.61. The van der Waals surface area contributed by atoms with Gasteiger partial charge in [0.15, 0.2) is 0 Å². The Balaban J connectivity index is 1.68. The Morgan fingerprint density at radius 1 is 1.18 bits per heavy atom. The van der Waals surface area contributed by atoms with Gasteiger partial charge in [-0.25, -0.2) is 9.18 Å². The Morgan fingerprint density at radius 3 is 2.61 bits per heavy atom. The number of hydrogen-bond donors (Lipinski definition) is 2. The largest absolute Gasteiger partial charge is 0.494 e. The fraction of sp³-hybridized carbons (Fsp3) is 0.421. The second-order valence-corrected chi connectivity index (χ2v) is 6.51. The molecule has 1 aromatic heterocycles. The highest BCUT2D eigenvalue weighted by molar-refractivity contribution is 5.81. The maximum Gasteiger partial charge on any atom is 0.331 e. The molecule has 0 unspecified atom stereocenters. The molecule has 0 saturated carbocycles. The van der Waals surface area contributed by atoms with Crippen molar-refractivity contribution in [1.29, 1.82) is 0 Å². The normalized spacial score (nSPS) is 15.3. The average Bonchev–Trinajstić information content (AvgIpc) is 2.69. The number of rotatable bonds is 7. The highest BCUT2D eigenvalue weighted by Crippen LogP contribution is 2.10. The highest BCUT2D eigenvalue weighted by Gasteiger charge is 2.13. The van der Waals surface area contributed by atoms with Crippen LogP contribution in [0.15, 0.2) is 38.8 Å². The number of hydrogen-bond acceptors (Lipinski definition) is 6. The van der Waals surface area contributed by atoms with Crippen LogP contribution in [0.3, 0.4) is 0 Å². The number of benzene rings is 1. The van der Waals surface area contributed by atoms with Crippen LogP contribution in [0, 0.1) is 5.82 Å². The molecule has 1 fully saturated rings. The lowest BCUT2D eigenvalue weighted by atomic mass is 10.1. The fourth-order valence-corrected chi connectivity index (χ4v) is 2.97. The number of nitrogens with one attached hydrogen (secondary N) is 1. The van der Waals surface area contributed by atoms with Gasteiger partial charge in [-0.2, -0.15) is 0 Å². The van der Waals surface area contributed by atoms with E-state index in [1.54, 1.807) is 12.1 Å². The van der Waals surface area contributed by atoms with Crippen LogP contribution in [0.4, 0.5) is 4.39 Å². The third-order valence-electron chi connectivity index (χ3n) is 4.61. The van der Waals surface area contributed by atoms with E-state index in [9.17, 15) is 19.1 Å². The van der Waals surface area contributed by atoms with Gasteiger partial charge in [0.05, 0.1) is 19.8 Å². The van der Waals surface area contributed by atoms with Crippen LogP contribution in [0.5, 0.6) is 5.88 Å². The second kappa shape index (κ2) is 9.43. The Bertz CT molecular complexity index is 930. The van der Waals surface area contributed by atoms with E-state index in [-0.39, 0.29) is 17.9 Å². The van der Waals surface area contributed by atoms with Gasteiger partial charge in [-0.1, -0.05) is 12.1 Å². The number of aromatic amines is 1. The molecule has 3 rings (SSSR count). The molecular weight excluding hydrogens is 367 g/mol. The summed E-state index contributed by atoms with van der Waals surface area (Å²) in [6, 6.07) is 5.88. The van der Waals surface area contributed by atoms with Gasteiger partial charge in [0.25, 0.3) is 5.56 Å². The summed E-state index contributed by atoms with van der Waals surface area (Å²) >= 11 is 0. The number of ether oxygens (including phenoxy) is 1. The van der Waals surface area contributed by atoms with E-state index in [1.165, 1.54) is 18.3 Å². The van der Waals surface area contributed by atoms with Crippen molar-refractivity contribution >= 4 is 6.21 Å². The van der Waals surface area contributed by atoms with E-state index in [0.29, 0.717) is 26.2 Å². The minimum absolute atomic E-state index is 0.0549. The summed E-state index contributed by atoms with van der Waals surface area (Å²) in [5, 5.41) is 10.4. The zero-order valence-corrected chi connectivity index (χ0v) is 15.4. The lowest BCUT2D eigenvalue weighted by molar-refractivity contribution is 0.0395. The number of aromatic hydroxyl groups is 1. The number of nitrogens with zero attached hydrogens (tertiary/aromatic N) is 3. The van der Waals surface area contributed by atoms with Crippen LogP contribution < -0.4 is 11.2 Å². The topological polar surface area (TPSA) is 99.9 Å². The predicted molar refractivity (Wildman–Crippen MR) is 103 cm³/mol. The van der Waals surface area contributed by atoms with Crippen molar-refractivity contribution in [3.05, 3.63) is 62.0 Å². The van der Waals surface area contributed by atoms with Crippen molar-refractivity contribution in [2.45, 2.75) is 13.0 Å². The van der Waals surface area contributed by atoms with Crippen molar-refractivity contribution in [2.75, 3.05) is 39.4 Å². The Morgan fingerprint density at radius 2 is 1.89 bits per heavy atom. The lowest BCUT2D eigenvalue weighted by Crippen LogP contribution is -2.37. The first-order valence-corrected chi connectivity index (χ1v) is 9.15. The molecule has 1 aliphatic heterocycles. The van der Waals surface area contributed by atoms with Crippen molar-refractivity contribution in [1.82, 2.24) is 14.5 Å². The molecule has 1 aliphatic rings. The van der Waals surface area contributed by atoms with Crippen LogP contribution in [0.2, 0.25) is 0 Å². The van der Waals surface area contributed by atoms with Gasteiger partial charge in [0, 0.05) is 32.4 Å². The summed E-state index contributed by atoms with van der Waals surface area (Å²) in [6.45, 7) is 4.41. The van der Waals surface area contributed by atoms with Gasteiger partial charge in [0.1, 0.15) is 11.4 Å².